The minimum atomic E-state index is 0.689. The molecule has 1 saturated carbocycles. The molecule has 1 atom stereocenters. The third-order valence-electron chi connectivity index (χ3n) is 3.16. The molecule has 15 heavy (non-hydrogen) atoms. The van der Waals surface area contributed by atoms with Gasteiger partial charge in [-0.25, -0.2) is 0 Å². The summed E-state index contributed by atoms with van der Waals surface area (Å²) in [4.78, 5) is 2.70. The van der Waals surface area contributed by atoms with Gasteiger partial charge in [0.1, 0.15) is 0 Å². The average Bonchev–Trinajstić information content (AvgIpc) is 2.98. The Morgan fingerprint density at radius 1 is 1.27 bits per heavy atom. The molecule has 0 amide bonds. The van der Waals surface area contributed by atoms with E-state index in [1.54, 1.807) is 0 Å². The van der Waals surface area contributed by atoms with Gasteiger partial charge in [-0.1, -0.05) is 27.2 Å². The smallest absolute Gasteiger partial charge is 0.0192 e. The van der Waals surface area contributed by atoms with Crippen molar-refractivity contribution in [1.29, 1.82) is 0 Å². The van der Waals surface area contributed by atoms with E-state index in [0.717, 1.165) is 12.0 Å². The van der Waals surface area contributed by atoms with Crippen LogP contribution >= 0.6 is 0 Å². The zero-order valence-corrected chi connectivity index (χ0v) is 10.9. The number of nitrogens with one attached hydrogen (secondary N) is 1. The van der Waals surface area contributed by atoms with Crippen LogP contribution in [0.15, 0.2) is 0 Å². The molecule has 90 valence electrons. The van der Waals surface area contributed by atoms with Gasteiger partial charge in [-0.3, -0.25) is 4.90 Å². The molecule has 1 fully saturated rings. The van der Waals surface area contributed by atoms with E-state index >= 15 is 0 Å². The van der Waals surface area contributed by atoms with E-state index < -0.39 is 0 Å². The molecule has 0 heterocycles. The Balaban J connectivity index is 2.34. The fraction of sp³-hybridized carbons (Fsp3) is 1.00. The summed E-state index contributed by atoms with van der Waals surface area (Å²) in [5, 5.41) is 3.45. The number of rotatable bonds is 8. The molecule has 1 unspecified atom stereocenters. The van der Waals surface area contributed by atoms with Gasteiger partial charge in [0.15, 0.2) is 0 Å². The predicted molar refractivity (Wildman–Crippen MR) is 67.2 cm³/mol. The summed E-state index contributed by atoms with van der Waals surface area (Å²) in [6.07, 6.45) is 5.44. The Labute approximate surface area is 95.4 Å². The Hall–Kier alpha value is -0.0800. The van der Waals surface area contributed by atoms with E-state index in [9.17, 15) is 0 Å². The van der Waals surface area contributed by atoms with Crippen molar-refractivity contribution in [3.05, 3.63) is 0 Å². The maximum Gasteiger partial charge on any atom is 0.0192 e. The third kappa shape index (κ3) is 4.98. The first-order chi connectivity index (χ1) is 7.17. The molecule has 0 aromatic rings. The minimum Gasteiger partial charge on any atom is -0.316 e. The third-order valence-corrected chi connectivity index (χ3v) is 3.16. The van der Waals surface area contributed by atoms with Crippen LogP contribution < -0.4 is 5.32 Å². The zero-order valence-electron chi connectivity index (χ0n) is 10.9. The fourth-order valence-corrected chi connectivity index (χ4v) is 2.24. The van der Waals surface area contributed by atoms with E-state index in [4.69, 9.17) is 0 Å². The van der Waals surface area contributed by atoms with Crippen molar-refractivity contribution >= 4 is 0 Å². The van der Waals surface area contributed by atoms with Gasteiger partial charge in [-0.15, -0.1) is 0 Å². The Morgan fingerprint density at radius 3 is 2.33 bits per heavy atom. The average molecular weight is 212 g/mol. The Kier molecular flexibility index (Phi) is 5.62. The van der Waals surface area contributed by atoms with Crippen molar-refractivity contribution in [3.8, 4) is 0 Å². The van der Waals surface area contributed by atoms with Gasteiger partial charge in [-0.05, 0) is 32.2 Å². The second kappa shape index (κ2) is 6.49. The van der Waals surface area contributed by atoms with Gasteiger partial charge >= 0.3 is 0 Å². The van der Waals surface area contributed by atoms with Crippen LogP contribution in [0.5, 0.6) is 0 Å². The van der Waals surface area contributed by atoms with Crippen molar-refractivity contribution in [1.82, 2.24) is 10.2 Å². The molecule has 0 aromatic heterocycles. The van der Waals surface area contributed by atoms with Crippen molar-refractivity contribution in [2.24, 2.45) is 5.92 Å². The minimum absolute atomic E-state index is 0.689. The van der Waals surface area contributed by atoms with Crippen LogP contribution in [0.3, 0.4) is 0 Å². The highest BCUT2D eigenvalue weighted by Gasteiger charge is 2.30. The molecule has 0 bridgehead atoms. The van der Waals surface area contributed by atoms with Crippen molar-refractivity contribution in [2.75, 3.05) is 20.1 Å². The molecule has 0 aromatic carbocycles. The van der Waals surface area contributed by atoms with Crippen molar-refractivity contribution in [2.45, 2.75) is 58.5 Å². The molecule has 1 aliphatic rings. The maximum atomic E-state index is 3.45. The summed E-state index contributed by atoms with van der Waals surface area (Å²) in [5.74, 6) is 0.796. The van der Waals surface area contributed by atoms with Gasteiger partial charge in [0, 0.05) is 25.2 Å². The fourth-order valence-electron chi connectivity index (χ4n) is 2.24. The Bertz CT molecular complexity index is 164. The van der Waals surface area contributed by atoms with E-state index in [0.29, 0.717) is 6.04 Å². The second-order valence-electron chi connectivity index (χ2n) is 5.35. The molecular weight excluding hydrogens is 184 g/mol. The SMILES string of the molecule is CCCC(CN(CC(C)C)C1CC1)NC. The molecule has 1 rings (SSSR count). The maximum absolute atomic E-state index is 3.45. The van der Waals surface area contributed by atoms with Crippen LogP contribution in [-0.2, 0) is 0 Å². The van der Waals surface area contributed by atoms with Crippen LogP contribution in [0.2, 0.25) is 0 Å². The van der Waals surface area contributed by atoms with Crippen molar-refractivity contribution < 1.29 is 0 Å². The number of hydrogen-bond donors (Lipinski definition) is 1. The molecule has 1 aliphatic carbocycles. The molecule has 0 saturated heterocycles. The zero-order chi connectivity index (χ0) is 11.3. The lowest BCUT2D eigenvalue weighted by molar-refractivity contribution is 0.207. The molecule has 2 nitrogen and oxygen atoms in total. The first kappa shape index (κ1) is 13.0. The topological polar surface area (TPSA) is 15.3 Å². The van der Waals surface area contributed by atoms with Crippen LogP contribution in [0.25, 0.3) is 0 Å². The predicted octanol–water partition coefficient (Wildman–Crippen LogP) is 2.49. The normalized spacial score (nSPS) is 18.8. The number of likely N-dealkylation sites (N-methyl/N-ethyl adjacent to an activating group) is 1. The summed E-state index contributed by atoms with van der Waals surface area (Å²) in [6.45, 7) is 9.43. The van der Waals surface area contributed by atoms with Gasteiger partial charge in [0.05, 0.1) is 0 Å². The second-order valence-corrected chi connectivity index (χ2v) is 5.35. The summed E-state index contributed by atoms with van der Waals surface area (Å²) in [7, 11) is 2.10. The summed E-state index contributed by atoms with van der Waals surface area (Å²) >= 11 is 0. The molecular formula is C13H28N2. The highest BCUT2D eigenvalue weighted by atomic mass is 15.2. The van der Waals surface area contributed by atoms with E-state index in [-0.39, 0.29) is 0 Å². The van der Waals surface area contributed by atoms with Gasteiger partial charge < -0.3 is 5.32 Å². The van der Waals surface area contributed by atoms with Crippen LogP contribution in [-0.4, -0.2) is 37.1 Å². The molecule has 0 radical (unpaired) electrons. The Morgan fingerprint density at radius 2 is 1.93 bits per heavy atom. The summed E-state index contributed by atoms with van der Waals surface area (Å²) in [5.41, 5.74) is 0. The molecule has 0 spiro atoms. The van der Waals surface area contributed by atoms with Crippen LogP contribution in [0.1, 0.15) is 46.5 Å². The monoisotopic (exact) mass is 212 g/mol. The van der Waals surface area contributed by atoms with E-state index in [1.807, 2.05) is 0 Å². The lowest BCUT2D eigenvalue weighted by atomic mass is 10.1. The van der Waals surface area contributed by atoms with E-state index in [2.05, 4.69) is 38.0 Å². The molecule has 0 aliphatic heterocycles. The first-order valence-corrected chi connectivity index (χ1v) is 6.58. The summed E-state index contributed by atoms with van der Waals surface area (Å²) in [6, 6.07) is 1.59. The highest BCUT2D eigenvalue weighted by molar-refractivity contribution is 4.87. The van der Waals surface area contributed by atoms with E-state index in [1.165, 1.54) is 38.8 Å². The van der Waals surface area contributed by atoms with Crippen LogP contribution in [0.4, 0.5) is 0 Å². The largest absolute Gasteiger partial charge is 0.316 e. The lowest BCUT2D eigenvalue weighted by Crippen LogP contribution is -2.42. The highest BCUT2D eigenvalue weighted by Crippen LogP contribution is 2.27. The first-order valence-electron chi connectivity index (χ1n) is 6.58. The molecule has 2 heteroatoms. The van der Waals surface area contributed by atoms with Gasteiger partial charge in [0.2, 0.25) is 0 Å². The van der Waals surface area contributed by atoms with Crippen molar-refractivity contribution in [3.63, 3.8) is 0 Å². The van der Waals surface area contributed by atoms with Crippen LogP contribution in [0, 0.1) is 5.92 Å². The standard InChI is InChI=1S/C13H28N2/c1-5-6-12(14-4)10-15(9-11(2)3)13-7-8-13/h11-14H,5-10H2,1-4H3. The molecule has 1 N–H and O–H groups in total. The quantitative estimate of drug-likeness (QED) is 0.665. The number of nitrogens with zero attached hydrogens (tertiary/aromatic N) is 1. The lowest BCUT2D eigenvalue weighted by Gasteiger charge is -2.28. The summed E-state index contributed by atoms with van der Waals surface area (Å²) < 4.78 is 0. The number of hydrogen-bond acceptors (Lipinski definition) is 2. The van der Waals surface area contributed by atoms with Gasteiger partial charge in [0.25, 0.3) is 0 Å². The van der Waals surface area contributed by atoms with Gasteiger partial charge in [-0.2, -0.15) is 0 Å².